The molecule has 5 heteroatoms. The maximum atomic E-state index is 12.5. The van der Waals surface area contributed by atoms with Crippen LogP contribution in [0.2, 0.25) is 0 Å². The summed E-state index contributed by atoms with van der Waals surface area (Å²) in [7, 11) is -3.32. The summed E-state index contributed by atoms with van der Waals surface area (Å²) in [5.74, 6) is 0. The average molecular weight is 282 g/mol. The highest BCUT2D eigenvalue weighted by Gasteiger charge is 2.28. The van der Waals surface area contributed by atoms with E-state index in [0.717, 1.165) is 18.7 Å². The molecule has 0 aliphatic carbocycles. The van der Waals surface area contributed by atoms with Gasteiger partial charge in [0.05, 0.1) is 4.90 Å². The van der Waals surface area contributed by atoms with Crippen LogP contribution in [0.15, 0.2) is 29.2 Å². The molecule has 1 saturated heterocycles. The number of aryl methyl sites for hydroxylation is 1. The lowest BCUT2D eigenvalue weighted by Gasteiger charge is -2.36. The standard InChI is InChI=1S/C14H22N2O2S/c1-12(2)15-8-10-16(11-9-15)19(17,18)14-6-4-13(3)5-7-14/h4-7,12H,8-11H2,1-3H3. The molecule has 1 heterocycles. The molecule has 1 aliphatic rings. The molecule has 106 valence electrons. The molecule has 0 unspecified atom stereocenters. The normalized spacial score (nSPS) is 18.9. The molecule has 0 atom stereocenters. The first kappa shape index (κ1) is 14.5. The zero-order chi connectivity index (χ0) is 14.0. The number of hydrogen-bond acceptors (Lipinski definition) is 3. The molecule has 0 aromatic heterocycles. The van der Waals surface area contributed by atoms with Crippen molar-refractivity contribution in [2.45, 2.75) is 31.7 Å². The third-order valence-electron chi connectivity index (χ3n) is 3.66. The molecule has 19 heavy (non-hydrogen) atoms. The fourth-order valence-corrected chi connectivity index (χ4v) is 3.74. The van der Waals surface area contributed by atoms with Crippen molar-refractivity contribution in [2.24, 2.45) is 0 Å². The quantitative estimate of drug-likeness (QED) is 0.847. The summed E-state index contributed by atoms with van der Waals surface area (Å²) in [6.07, 6.45) is 0. The SMILES string of the molecule is Cc1ccc(S(=O)(=O)N2CCN(C(C)C)CC2)cc1. The van der Waals surface area contributed by atoms with E-state index in [1.54, 1.807) is 16.4 Å². The van der Waals surface area contributed by atoms with Crippen LogP contribution in [-0.4, -0.2) is 49.8 Å². The van der Waals surface area contributed by atoms with E-state index < -0.39 is 10.0 Å². The van der Waals surface area contributed by atoms with Crippen molar-refractivity contribution in [2.75, 3.05) is 26.2 Å². The van der Waals surface area contributed by atoms with Gasteiger partial charge >= 0.3 is 0 Å². The van der Waals surface area contributed by atoms with E-state index in [-0.39, 0.29) is 0 Å². The summed E-state index contributed by atoms with van der Waals surface area (Å²) >= 11 is 0. The van der Waals surface area contributed by atoms with Gasteiger partial charge in [-0.15, -0.1) is 0 Å². The number of sulfonamides is 1. The second kappa shape index (κ2) is 5.61. The van der Waals surface area contributed by atoms with Crippen molar-refractivity contribution in [1.29, 1.82) is 0 Å². The third kappa shape index (κ3) is 3.16. The van der Waals surface area contributed by atoms with Crippen molar-refractivity contribution in [3.8, 4) is 0 Å². The van der Waals surface area contributed by atoms with Crippen LogP contribution in [-0.2, 0) is 10.0 Å². The Balaban J connectivity index is 2.12. The molecule has 0 bridgehead atoms. The van der Waals surface area contributed by atoms with Crippen LogP contribution >= 0.6 is 0 Å². The Morgan fingerprint density at radius 2 is 1.53 bits per heavy atom. The van der Waals surface area contributed by atoms with E-state index in [0.29, 0.717) is 24.0 Å². The molecule has 0 N–H and O–H groups in total. The second-order valence-corrected chi connectivity index (χ2v) is 7.28. The van der Waals surface area contributed by atoms with E-state index in [4.69, 9.17) is 0 Å². The highest BCUT2D eigenvalue weighted by Crippen LogP contribution is 2.18. The summed E-state index contributed by atoms with van der Waals surface area (Å²) in [5.41, 5.74) is 1.07. The smallest absolute Gasteiger partial charge is 0.243 e. The van der Waals surface area contributed by atoms with Crippen molar-refractivity contribution in [3.05, 3.63) is 29.8 Å². The Labute approximate surface area is 116 Å². The van der Waals surface area contributed by atoms with Gasteiger partial charge in [-0.25, -0.2) is 8.42 Å². The molecule has 4 nitrogen and oxygen atoms in total. The lowest BCUT2D eigenvalue weighted by Crippen LogP contribution is -2.50. The van der Waals surface area contributed by atoms with E-state index in [1.807, 2.05) is 19.1 Å². The van der Waals surface area contributed by atoms with Crippen LogP contribution in [0.3, 0.4) is 0 Å². The highest BCUT2D eigenvalue weighted by molar-refractivity contribution is 7.89. The van der Waals surface area contributed by atoms with Gasteiger partial charge < -0.3 is 0 Å². The fourth-order valence-electron chi connectivity index (χ4n) is 2.32. The Morgan fingerprint density at radius 3 is 2.00 bits per heavy atom. The zero-order valence-corrected chi connectivity index (χ0v) is 12.7. The summed E-state index contributed by atoms with van der Waals surface area (Å²) in [5, 5.41) is 0. The molecular weight excluding hydrogens is 260 g/mol. The van der Waals surface area contributed by atoms with Gasteiger partial charge in [0.25, 0.3) is 0 Å². The predicted molar refractivity (Wildman–Crippen MR) is 76.6 cm³/mol. The fraction of sp³-hybridized carbons (Fsp3) is 0.571. The molecule has 1 fully saturated rings. The van der Waals surface area contributed by atoms with E-state index in [1.165, 1.54) is 0 Å². The minimum Gasteiger partial charge on any atom is -0.298 e. The Hall–Kier alpha value is -0.910. The van der Waals surface area contributed by atoms with Gasteiger partial charge in [0.15, 0.2) is 0 Å². The number of rotatable bonds is 3. The van der Waals surface area contributed by atoms with Crippen LogP contribution in [0.4, 0.5) is 0 Å². The summed E-state index contributed by atoms with van der Waals surface area (Å²) < 4.78 is 26.6. The van der Waals surface area contributed by atoms with Gasteiger partial charge in [0, 0.05) is 32.2 Å². The maximum Gasteiger partial charge on any atom is 0.243 e. The maximum absolute atomic E-state index is 12.5. The molecule has 0 saturated carbocycles. The summed E-state index contributed by atoms with van der Waals surface area (Å²) in [6.45, 7) is 9.01. The third-order valence-corrected chi connectivity index (χ3v) is 5.58. The number of piperazine rings is 1. The largest absolute Gasteiger partial charge is 0.298 e. The first-order valence-electron chi connectivity index (χ1n) is 6.72. The van der Waals surface area contributed by atoms with Crippen LogP contribution in [0.25, 0.3) is 0 Å². The topological polar surface area (TPSA) is 40.6 Å². The molecule has 0 radical (unpaired) electrons. The highest BCUT2D eigenvalue weighted by atomic mass is 32.2. The minimum absolute atomic E-state index is 0.399. The Kier molecular flexibility index (Phi) is 4.28. The van der Waals surface area contributed by atoms with Crippen molar-refractivity contribution in [1.82, 2.24) is 9.21 Å². The van der Waals surface area contributed by atoms with Gasteiger partial charge in [-0.05, 0) is 32.9 Å². The average Bonchev–Trinajstić information content (AvgIpc) is 2.39. The van der Waals surface area contributed by atoms with Gasteiger partial charge in [-0.2, -0.15) is 4.31 Å². The predicted octanol–water partition coefficient (Wildman–Crippen LogP) is 1.71. The summed E-state index contributed by atoms with van der Waals surface area (Å²) in [4.78, 5) is 2.71. The van der Waals surface area contributed by atoms with E-state index in [9.17, 15) is 8.42 Å². The molecule has 2 rings (SSSR count). The van der Waals surface area contributed by atoms with Crippen molar-refractivity contribution < 1.29 is 8.42 Å². The van der Waals surface area contributed by atoms with Crippen LogP contribution < -0.4 is 0 Å². The van der Waals surface area contributed by atoms with Crippen LogP contribution in [0.5, 0.6) is 0 Å². The lowest BCUT2D eigenvalue weighted by atomic mass is 10.2. The second-order valence-electron chi connectivity index (χ2n) is 5.35. The van der Waals surface area contributed by atoms with Crippen LogP contribution in [0.1, 0.15) is 19.4 Å². The molecule has 1 aromatic carbocycles. The van der Waals surface area contributed by atoms with Crippen LogP contribution in [0, 0.1) is 6.92 Å². The zero-order valence-electron chi connectivity index (χ0n) is 11.8. The van der Waals surface area contributed by atoms with Crippen molar-refractivity contribution in [3.63, 3.8) is 0 Å². The minimum atomic E-state index is -3.32. The van der Waals surface area contributed by atoms with E-state index >= 15 is 0 Å². The Morgan fingerprint density at radius 1 is 1.00 bits per heavy atom. The van der Waals surface area contributed by atoms with Gasteiger partial charge in [0.2, 0.25) is 10.0 Å². The Bertz CT molecular complexity index is 515. The number of nitrogens with zero attached hydrogens (tertiary/aromatic N) is 2. The monoisotopic (exact) mass is 282 g/mol. The molecule has 0 spiro atoms. The van der Waals surface area contributed by atoms with E-state index in [2.05, 4.69) is 18.7 Å². The number of benzene rings is 1. The first-order chi connectivity index (χ1) is 8.91. The summed E-state index contributed by atoms with van der Waals surface area (Å²) in [6, 6.07) is 7.55. The van der Waals surface area contributed by atoms with Crippen molar-refractivity contribution >= 4 is 10.0 Å². The molecule has 1 aromatic rings. The lowest BCUT2D eigenvalue weighted by molar-refractivity contribution is 0.154. The molecule has 0 amide bonds. The van der Waals surface area contributed by atoms with Gasteiger partial charge in [-0.3, -0.25) is 4.90 Å². The first-order valence-corrected chi connectivity index (χ1v) is 8.16. The number of hydrogen-bond donors (Lipinski definition) is 0. The van der Waals surface area contributed by atoms with Gasteiger partial charge in [-0.1, -0.05) is 17.7 Å². The molecule has 1 aliphatic heterocycles. The van der Waals surface area contributed by atoms with Gasteiger partial charge in [0.1, 0.15) is 0 Å². The molecular formula is C14H22N2O2S.